The summed E-state index contributed by atoms with van der Waals surface area (Å²) in [5.74, 6) is 0. The van der Waals surface area contributed by atoms with E-state index >= 15 is 0 Å². The van der Waals surface area contributed by atoms with Crippen molar-refractivity contribution in [1.82, 2.24) is 9.88 Å². The number of pyridine rings is 1. The molecule has 1 N–H and O–H groups in total. The lowest BCUT2D eigenvalue weighted by molar-refractivity contribution is 0.145. The number of para-hydroxylation sites is 1. The van der Waals surface area contributed by atoms with Crippen molar-refractivity contribution in [2.24, 2.45) is 0 Å². The number of hydrogen-bond donors (Lipinski definition) is 1. The van der Waals surface area contributed by atoms with Crippen LogP contribution in [-0.4, -0.2) is 34.6 Å². The molecule has 1 heterocycles. The molecule has 1 aromatic heterocycles. The summed E-state index contributed by atoms with van der Waals surface area (Å²) in [6, 6.07) is 10.0. The molecule has 3 nitrogen and oxygen atoms in total. The van der Waals surface area contributed by atoms with E-state index < -0.39 is 6.10 Å². The fourth-order valence-corrected chi connectivity index (χ4v) is 2.28. The minimum atomic E-state index is -0.433. The lowest BCUT2D eigenvalue weighted by Crippen LogP contribution is -2.25. The Morgan fingerprint density at radius 1 is 1.21 bits per heavy atom. The summed E-state index contributed by atoms with van der Waals surface area (Å²) < 4.78 is 0. The first-order valence-corrected chi connectivity index (χ1v) is 6.99. The Kier molecular flexibility index (Phi) is 4.88. The third-order valence-corrected chi connectivity index (χ3v) is 3.61. The Bertz CT molecular complexity index is 523. The lowest BCUT2D eigenvalue weighted by atomic mass is 10.1. The van der Waals surface area contributed by atoms with Gasteiger partial charge in [0.15, 0.2) is 0 Å². The molecule has 0 bridgehead atoms. The van der Waals surface area contributed by atoms with E-state index in [1.54, 1.807) is 6.20 Å². The molecule has 1 aromatic carbocycles. The predicted octanol–water partition coefficient (Wildman–Crippen LogP) is 3.00. The van der Waals surface area contributed by atoms with Gasteiger partial charge in [-0.25, -0.2) is 0 Å². The summed E-state index contributed by atoms with van der Waals surface area (Å²) in [5, 5.41) is 11.3. The van der Waals surface area contributed by atoms with Crippen LogP contribution in [0.2, 0.25) is 0 Å². The number of benzene rings is 1. The largest absolute Gasteiger partial charge is 0.388 e. The van der Waals surface area contributed by atoms with Crippen molar-refractivity contribution in [1.29, 1.82) is 0 Å². The maximum atomic E-state index is 10.3. The van der Waals surface area contributed by atoms with Crippen molar-refractivity contribution in [2.75, 3.05) is 19.6 Å². The molecule has 0 spiro atoms. The van der Waals surface area contributed by atoms with Crippen molar-refractivity contribution >= 4 is 10.9 Å². The first-order valence-electron chi connectivity index (χ1n) is 6.99. The number of aromatic nitrogens is 1. The highest BCUT2D eigenvalue weighted by Gasteiger charge is 2.10. The zero-order chi connectivity index (χ0) is 13.7. The van der Waals surface area contributed by atoms with Crippen LogP contribution in [0.25, 0.3) is 10.9 Å². The molecule has 0 aliphatic carbocycles. The molecular formula is C16H22N2O. The van der Waals surface area contributed by atoms with Crippen LogP contribution in [0.15, 0.2) is 36.5 Å². The Labute approximate surface area is 114 Å². The molecule has 0 amide bonds. The van der Waals surface area contributed by atoms with E-state index in [1.165, 1.54) is 0 Å². The summed E-state index contributed by atoms with van der Waals surface area (Å²) in [4.78, 5) is 6.71. The number of aliphatic hydroxyl groups is 1. The summed E-state index contributed by atoms with van der Waals surface area (Å²) in [5.41, 5.74) is 1.88. The van der Waals surface area contributed by atoms with E-state index in [-0.39, 0.29) is 0 Å². The van der Waals surface area contributed by atoms with E-state index in [1.807, 2.05) is 30.3 Å². The highest BCUT2D eigenvalue weighted by atomic mass is 16.3. The third kappa shape index (κ3) is 3.52. The Balaban J connectivity index is 2.06. The summed E-state index contributed by atoms with van der Waals surface area (Å²) in [6.07, 6.45) is 2.11. The Morgan fingerprint density at radius 2 is 1.95 bits per heavy atom. The average molecular weight is 258 g/mol. The van der Waals surface area contributed by atoms with Crippen LogP contribution < -0.4 is 0 Å². The first-order chi connectivity index (χ1) is 9.24. The van der Waals surface area contributed by atoms with Crippen LogP contribution in [0.1, 0.15) is 31.9 Å². The highest BCUT2D eigenvalue weighted by molar-refractivity contribution is 5.78. The van der Waals surface area contributed by atoms with E-state index in [2.05, 4.69) is 23.7 Å². The molecule has 0 radical (unpaired) electrons. The minimum Gasteiger partial charge on any atom is -0.388 e. The fraction of sp³-hybridized carbons (Fsp3) is 0.438. The maximum Gasteiger partial charge on any atom is 0.0817 e. The molecule has 0 saturated heterocycles. The van der Waals surface area contributed by atoms with Gasteiger partial charge in [0, 0.05) is 18.1 Å². The fourth-order valence-electron chi connectivity index (χ4n) is 2.28. The normalized spacial score (nSPS) is 13.1. The third-order valence-electron chi connectivity index (χ3n) is 3.61. The number of hydrogen-bond acceptors (Lipinski definition) is 3. The predicted molar refractivity (Wildman–Crippen MR) is 79.1 cm³/mol. The molecule has 0 aliphatic rings. The van der Waals surface area contributed by atoms with Crippen molar-refractivity contribution in [3.63, 3.8) is 0 Å². The highest BCUT2D eigenvalue weighted by Crippen LogP contribution is 2.20. The van der Waals surface area contributed by atoms with Crippen molar-refractivity contribution in [3.8, 4) is 0 Å². The summed E-state index contributed by atoms with van der Waals surface area (Å²) in [6.45, 7) is 7.26. The summed E-state index contributed by atoms with van der Waals surface area (Å²) in [7, 11) is 0. The van der Waals surface area contributed by atoms with Gasteiger partial charge in [0.1, 0.15) is 0 Å². The maximum absolute atomic E-state index is 10.3. The van der Waals surface area contributed by atoms with Crippen molar-refractivity contribution in [3.05, 3.63) is 42.1 Å². The zero-order valence-corrected chi connectivity index (χ0v) is 11.7. The topological polar surface area (TPSA) is 36.4 Å². The molecular weight excluding hydrogens is 236 g/mol. The summed E-state index contributed by atoms with van der Waals surface area (Å²) >= 11 is 0. The molecule has 2 aromatic rings. The van der Waals surface area contributed by atoms with Gasteiger partial charge in [0.25, 0.3) is 0 Å². The zero-order valence-electron chi connectivity index (χ0n) is 11.7. The molecule has 3 heteroatoms. The van der Waals surface area contributed by atoms with Gasteiger partial charge in [0.05, 0.1) is 11.6 Å². The quantitative estimate of drug-likeness (QED) is 0.865. The Hall–Kier alpha value is -1.45. The van der Waals surface area contributed by atoms with Crippen molar-refractivity contribution < 1.29 is 5.11 Å². The van der Waals surface area contributed by atoms with Crippen LogP contribution in [0, 0.1) is 0 Å². The van der Waals surface area contributed by atoms with E-state index in [9.17, 15) is 5.11 Å². The van der Waals surface area contributed by atoms with Gasteiger partial charge < -0.3 is 10.0 Å². The smallest absolute Gasteiger partial charge is 0.0817 e. The molecule has 19 heavy (non-hydrogen) atoms. The van der Waals surface area contributed by atoms with Gasteiger partial charge in [-0.15, -0.1) is 0 Å². The van der Waals surface area contributed by atoms with E-state index in [0.717, 1.165) is 42.5 Å². The molecule has 0 aliphatic heterocycles. The lowest BCUT2D eigenvalue weighted by Gasteiger charge is -2.20. The van der Waals surface area contributed by atoms with Crippen LogP contribution in [-0.2, 0) is 0 Å². The molecule has 2 rings (SSSR count). The van der Waals surface area contributed by atoms with Crippen LogP contribution >= 0.6 is 0 Å². The number of nitrogens with zero attached hydrogens (tertiary/aromatic N) is 2. The van der Waals surface area contributed by atoms with E-state index in [4.69, 9.17) is 0 Å². The first kappa shape index (κ1) is 14.0. The SMILES string of the molecule is CCN(CC)CCC(O)c1cnc2ccccc2c1. The monoisotopic (exact) mass is 258 g/mol. The molecule has 1 unspecified atom stereocenters. The average Bonchev–Trinajstić information content (AvgIpc) is 2.47. The van der Waals surface area contributed by atoms with Gasteiger partial charge in [-0.2, -0.15) is 0 Å². The molecule has 102 valence electrons. The van der Waals surface area contributed by atoms with Crippen molar-refractivity contribution in [2.45, 2.75) is 26.4 Å². The van der Waals surface area contributed by atoms with Gasteiger partial charge in [0.2, 0.25) is 0 Å². The van der Waals surface area contributed by atoms with Gasteiger partial charge in [-0.05, 0) is 37.2 Å². The second-order valence-corrected chi connectivity index (χ2v) is 4.79. The number of rotatable bonds is 6. The standard InChI is InChI=1S/C16H22N2O/c1-3-18(4-2)10-9-16(19)14-11-13-7-5-6-8-15(13)17-12-14/h5-8,11-12,16,19H,3-4,9-10H2,1-2H3. The van der Waals surface area contributed by atoms with Gasteiger partial charge in [-0.1, -0.05) is 32.0 Å². The number of fused-ring (bicyclic) bond motifs is 1. The van der Waals surface area contributed by atoms with E-state index in [0.29, 0.717) is 0 Å². The minimum absolute atomic E-state index is 0.433. The Morgan fingerprint density at radius 3 is 2.68 bits per heavy atom. The second kappa shape index (κ2) is 6.64. The van der Waals surface area contributed by atoms with Crippen LogP contribution in [0.3, 0.4) is 0 Å². The van der Waals surface area contributed by atoms with Crippen LogP contribution in [0.4, 0.5) is 0 Å². The molecule has 0 fully saturated rings. The second-order valence-electron chi connectivity index (χ2n) is 4.79. The molecule has 0 saturated carbocycles. The van der Waals surface area contributed by atoms with Crippen LogP contribution in [0.5, 0.6) is 0 Å². The molecule has 1 atom stereocenters. The van der Waals surface area contributed by atoms with Gasteiger partial charge >= 0.3 is 0 Å². The number of aliphatic hydroxyl groups excluding tert-OH is 1. The van der Waals surface area contributed by atoms with Gasteiger partial charge in [-0.3, -0.25) is 4.98 Å².